The van der Waals surface area contributed by atoms with Crippen LogP contribution in [0.1, 0.15) is 5.56 Å². The normalized spacial score (nSPS) is 11.0. The number of halogens is 2. The van der Waals surface area contributed by atoms with Gasteiger partial charge in [0.1, 0.15) is 11.5 Å². The van der Waals surface area contributed by atoms with E-state index in [9.17, 15) is 5.11 Å². The van der Waals surface area contributed by atoms with Crippen LogP contribution in [-0.2, 0) is 6.54 Å². The van der Waals surface area contributed by atoms with Gasteiger partial charge in [-0.1, -0.05) is 57.9 Å². The molecule has 4 aromatic rings. The maximum atomic E-state index is 10.5. The van der Waals surface area contributed by atoms with Crippen molar-refractivity contribution < 1.29 is 9.84 Å². The average molecular weight is 429 g/mol. The van der Waals surface area contributed by atoms with Crippen LogP contribution in [0.2, 0.25) is 5.02 Å². The van der Waals surface area contributed by atoms with E-state index in [-0.39, 0.29) is 5.88 Å². The molecule has 3 nitrogen and oxygen atoms in total. The molecule has 0 bridgehead atoms. The first-order chi connectivity index (χ1) is 12.6. The number of aromatic hydroxyl groups is 1. The molecule has 0 saturated carbocycles. The highest BCUT2D eigenvalue weighted by Crippen LogP contribution is 2.36. The van der Waals surface area contributed by atoms with Crippen molar-refractivity contribution in [2.45, 2.75) is 6.54 Å². The Morgan fingerprint density at radius 2 is 1.65 bits per heavy atom. The van der Waals surface area contributed by atoms with Gasteiger partial charge in [-0.2, -0.15) is 0 Å². The summed E-state index contributed by atoms with van der Waals surface area (Å²) in [6, 6.07) is 21.2. The van der Waals surface area contributed by atoms with Crippen LogP contribution in [0, 0.1) is 0 Å². The summed E-state index contributed by atoms with van der Waals surface area (Å²) in [4.78, 5) is 0. The quantitative estimate of drug-likeness (QED) is 0.397. The van der Waals surface area contributed by atoms with E-state index < -0.39 is 0 Å². The Kier molecular flexibility index (Phi) is 4.62. The number of hydrogen-bond donors (Lipinski definition) is 1. The molecule has 0 spiro atoms. The van der Waals surface area contributed by atoms with Gasteiger partial charge in [-0.15, -0.1) is 0 Å². The minimum Gasteiger partial charge on any atom is -0.494 e. The smallest absolute Gasteiger partial charge is 0.200 e. The Balaban J connectivity index is 1.57. The van der Waals surface area contributed by atoms with Gasteiger partial charge in [0.05, 0.1) is 17.0 Å². The number of ether oxygens (including phenoxy) is 1. The highest BCUT2D eigenvalue weighted by Gasteiger charge is 2.13. The van der Waals surface area contributed by atoms with E-state index >= 15 is 0 Å². The highest BCUT2D eigenvalue weighted by molar-refractivity contribution is 9.10. The zero-order chi connectivity index (χ0) is 18.1. The molecule has 0 saturated heterocycles. The van der Waals surface area contributed by atoms with Crippen molar-refractivity contribution in [2.75, 3.05) is 0 Å². The predicted octanol–water partition coefficient (Wildman–Crippen LogP) is 6.60. The first-order valence-corrected chi connectivity index (χ1v) is 9.26. The van der Waals surface area contributed by atoms with Gasteiger partial charge in [-0.3, -0.25) is 0 Å². The third-order valence-corrected chi connectivity index (χ3v) is 4.89. The molecule has 130 valence electrons. The van der Waals surface area contributed by atoms with Crippen LogP contribution < -0.4 is 4.74 Å². The maximum absolute atomic E-state index is 10.5. The summed E-state index contributed by atoms with van der Waals surface area (Å²) in [6.07, 6.45) is 1.90. The zero-order valence-electron chi connectivity index (χ0n) is 13.7. The third-order valence-electron chi connectivity index (χ3n) is 4.13. The van der Waals surface area contributed by atoms with Crippen LogP contribution in [0.3, 0.4) is 0 Å². The largest absolute Gasteiger partial charge is 0.494 e. The number of hydrogen-bond acceptors (Lipinski definition) is 2. The second kappa shape index (κ2) is 7.06. The van der Waals surface area contributed by atoms with Gasteiger partial charge in [0, 0.05) is 16.1 Å². The van der Waals surface area contributed by atoms with Gasteiger partial charge in [-0.25, -0.2) is 0 Å². The van der Waals surface area contributed by atoms with Crippen LogP contribution in [0.5, 0.6) is 17.4 Å². The van der Waals surface area contributed by atoms with Crippen LogP contribution in [0.4, 0.5) is 0 Å². The van der Waals surface area contributed by atoms with Crippen LogP contribution in [0.25, 0.3) is 10.8 Å². The molecule has 0 radical (unpaired) electrons. The van der Waals surface area contributed by atoms with Gasteiger partial charge in [0.25, 0.3) is 0 Å². The molecular formula is C21H15BrClNO2. The van der Waals surface area contributed by atoms with Crippen LogP contribution in [-0.4, -0.2) is 9.67 Å². The van der Waals surface area contributed by atoms with Gasteiger partial charge in [0.2, 0.25) is 5.88 Å². The summed E-state index contributed by atoms with van der Waals surface area (Å²) in [5, 5.41) is 12.6. The number of nitrogens with zero attached hydrogens (tertiary/aromatic N) is 1. The van der Waals surface area contributed by atoms with Crippen molar-refractivity contribution in [1.82, 2.24) is 4.57 Å². The lowest BCUT2D eigenvalue weighted by atomic mass is 10.2. The maximum Gasteiger partial charge on any atom is 0.200 e. The van der Waals surface area contributed by atoms with Crippen molar-refractivity contribution in [3.63, 3.8) is 0 Å². The molecule has 5 heteroatoms. The Morgan fingerprint density at radius 1 is 0.962 bits per heavy atom. The first-order valence-electron chi connectivity index (χ1n) is 8.09. The van der Waals surface area contributed by atoms with Crippen molar-refractivity contribution in [3.05, 3.63) is 88.0 Å². The topological polar surface area (TPSA) is 34.4 Å². The monoisotopic (exact) mass is 427 g/mol. The predicted molar refractivity (Wildman–Crippen MR) is 108 cm³/mol. The number of rotatable bonds is 4. The Bertz CT molecular complexity index is 1060. The van der Waals surface area contributed by atoms with Crippen molar-refractivity contribution in [1.29, 1.82) is 0 Å². The third kappa shape index (κ3) is 3.43. The Labute approximate surface area is 164 Å². The fourth-order valence-electron chi connectivity index (χ4n) is 2.91. The lowest BCUT2D eigenvalue weighted by Crippen LogP contribution is -1.97. The van der Waals surface area contributed by atoms with Gasteiger partial charge in [-0.05, 0) is 42.0 Å². The standard InChI is InChI=1S/C21H15BrClNO2/c22-16-10-15-13-24(21(25)20(15)19(23)11-16)12-14-6-8-18(9-7-14)26-17-4-2-1-3-5-17/h1-11,13,25H,12H2. The van der Waals surface area contributed by atoms with Crippen LogP contribution in [0.15, 0.2) is 77.4 Å². The van der Waals surface area contributed by atoms with Crippen molar-refractivity contribution >= 4 is 38.3 Å². The van der Waals surface area contributed by atoms with E-state index in [0.717, 1.165) is 26.9 Å². The second-order valence-electron chi connectivity index (χ2n) is 5.99. The van der Waals surface area contributed by atoms with Gasteiger partial charge in [0.15, 0.2) is 0 Å². The molecule has 1 aromatic heterocycles. The Morgan fingerprint density at radius 3 is 2.38 bits per heavy atom. The van der Waals surface area contributed by atoms with Gasteiger partial charge < -0.3 is 14.4 Å². The summed E-state index contributed by atoms with van der Waals surface area (Å²) in [7, 11) is 0. The molecule has 0 fully saturated rings. The number of aromatic nitrogens is 1. The van der Waals surface area contributed by atoms with Crippen molar-refractivity contribution in [2.24, 2.45) is 0 Å². The molecule has 4 rings (SSSR count). The molecule has 3 aromatic carbocycles. The summed E-state index contributed by atoms with van der Waals surface area (Å²) in [5.41, 5.74) is 1.05. The first kappa shape index (κ1) is 17.0. The number of fused-ring (bicyclic) bond motifs is 1. The van der Waals surface area contributed by atoms with E-state index in [0.29, 0.717) is 17.0 Å². The molecular weight excluding hydrogens is 414 g/mol. The Hall–Kier alpha value is -2.43. The fraction of sp³-hybridized carbons (Fsp3) is 0.0476. The molecule has 0 aliphatic rings. The minimum absolute atomic E-state index is 0.169. The van der Waals surface area contributed by atoms with E-state index in [4.69, 9.17) is 16.3 Å². The van der Waals surface area contributed by atoms with Gasteiger partial charge >= 0.3 is 0 Å². The summed E-state index contributed by atoms with van der Waals surface area (Å²) >= 11 is 9.69. The summed E-state index contributed by atoms with van der Waals surface area (Å²) in [6.45, 7) is 0.542. The van der Waals surface area contributed by atoms with E-state index in [1.165, 1.54) is 0 Å². The summed E-state index contributed by atoms with van der Waals surface area (Å²) in [5.74, 6) is 1.74. The van der Waals surface area contributed by atoms with E-state index in [2.05, 4.69) is 15.9 Å². The molecule has 0 atom stereocenters. The molecule has 1 heterocycles. The molecule has 0 aliphatic carbocycles. The highest BCUT2D eigenvalue weighted by atomic mass is 79.9. The zero-order valence-corrected chi connectivity index (χ0v) is 16.0. The van der Waals surface area contributed by atoms with E-state index in [1.807, 2.05) is 66.9 Å². The lowest BCUT2D eigenvalue weighted by molar-refractivity contribution is 0.430. The van der Waals surface area contributed by atoms with Crippen molar-refractivity contribution in [3.8, 4) is 17.4 Å². The molecule has 1 N–H and O–H groups in total. The fourth-order valence-corrected chi connectivity index (χ4v) is 3.83. The molecule has 0 amide bonds. The van der Waals surface area contributed by atoms with Crippen LogP contribution >= 0.6 is 27.5 Å². The SMILES string of the molecule is Oc1c2c(Cl)cc(Br)cc2cn1Cc1ccc(Oc2ccccc2)cc1. The molecule has 0 unspecified atom stereocenters. The molecule has 26 heavy (non-hydrogen) atoms. The minimum atomic E-state index is 0.169. The number of benzene rings is 3. The lowest BCUT2D eigenvalue weighted by Gasteiger charge is -2.08. The molecule has 0 aliphatic heterocycles. The van der Waals surface area contributed by atoms with E-state index in [1.54, 1.807) is 10.6 Å². The summed E-state index contributed by atoms with van der Waals surface area (Å²) < 4.78 is 8.48. The average Bonchev–Trinajstić information content (AvgIpc) is 2.93. The second-order valence-corrected chi connectivity index (χ2v) is 7.31. The number of para-hydroxylation sites is 1.